The fraction of sp³-hybridized carbons (Fsp3) is 0.702. The molecule has 0 fully saturated rings. The molecule has 8 heteroatoms. The molecule has 0 atom stereocenters. The zero-order valence-corrected chi connectivity index (χ0v) is 34.8. The molecule has 0 heterocycles. The Kier molecular flexibility index (Phi) is 31.6. The van der Waals surface area contributed by atoms with E-state index >= 15 is 0 Å². The highest BCUT2D eigenvalue weighted by Gasteiger charge is 2.11. The average Bonchev–Trinajstić information content (AvgIpc) is 3.15. The van der Waals surface area contributed by atoms with Crippen LogP contribution in [0.4, 0.5) is 0 Å². The molecule has 2 aromatic rings. The second kappa shape index (κ2) is 35.0. The number of esters is 2. The van der Waals surface area contributed by atoms with Crippen LogP contribution in [-0.4, -0.2) is 45.6 Å². The van der Waals surface area contributed by atoms with Gasteiger partial charge in [0.15, 0.2) is 0 Å². The van der Waals surface area contributed by atoms with Gasteiger partial charge in [-0.25, -0.2) is 9.59 Å². The number of unbranched alkanes of at least 4 members (excludes halogenated alkanes) is 27. The summed E-state index contributed by atoms with van der Waals surface area (Å²) < 4.78 is 10.4. The molecule has 0 amide bonds. The van der Waals surface area contributed by atoms with Gasteiger partial charge in [-0.1, -0.05) is 187 Å². The summed E-state index contributed by atoms with van der Waals surface area (Å²) in [5, 5.41) is 37.5. The maximum atomic E-state index is 11.9. The maximum Gasteiger partial charge on any atom is 0.338 e. The molecule has 4 N–H and O–H groups in total. The van der Waals surface area contributed by atoms with E-state index in [1.807, 2.05) is 0 Å². The molecule has 0 aromatic heterocycles. The predicted molar refractivity (Wildman–Crippen MR) is 225 cm³/mol. The van der Waals surface area contributed by atoms with Gasteiger partial charge in [0.1, 0.15) is 23.0 Å². The van der Waals surface area contributed by atoms with Gasteiger partial charge in [-0.2, -0.15) is 0 Å². The summed E-state index contributed by atoms with van der Waals surface area (Å²) in [5.41, 5.74) is 0.358. The van der Waals surface area contributed by atoms with Crippen LogP contribution < -0.4 is 0 Å². The number of carbonyl (C=O) groups excluding carboxylic acids is 2. The smallest absolute Gasteiger partial charge is 0.338 e. The lowest BCUT2D eigenvalue weighted by atomic mass is 10.0. The lowest BCUT2D eigenvalue weighted by Gasteiger charge is -2.06. The second-order valence-electron chi connectivity index (χ2n) is 15.3. The summed E-state index contributed by atoms with van der Waals surface area (Å²) in [5.74, 6) is -1.57. The number of aromatic hydroxyl groups is 4. The van der Waals surface area contributed by atoms with Crippen molar-refractivity contribution in [1.29, 1.82) is 0 Å². The topological polar surface area (TPSA) is 134 Å². The molecule has 0 aliphatic carbocycles. The van der Waals surface area contributed by atoms with Gasteiger partial charge >= 0.3 is 11.9 Å². The lowest BCUT2D eigenvalue weighted by molar-refractivity contribution is 0.0488. The van der Waals surface area contributed by atoms with Crippen LogP contribution in [0.1, 0.15) is 221 Å². The van der Waals surface area contributed by atoms with E-state index in [4.69, 9.17) is 9.47 Å². The zero-order chi connectivity index (χ0) is 40.2. The lowest BCUT2D eigenvalue weighted by Crippen LogP contribution is -2.06. The van der Waals surface area contributed by atoms with Gasteiger partial charge in [0, 0.05) is 12.1 Å². The molecule has 0 unspecified atom stereocenters. The van der Waals surface area contributed by atoms with E-state index in [9.17, 15) is 30.0 Å². The minimum Gasteiger partial charge on any atom is -0.508 e. The first-order valence-corrected chi connectivity index (χ1v) is 22.2. The van der Waals surface area contributed by atoms with Gasteiger partial charge in [0.05, 0.1) is 24.3 Å². The summed E-state index contributed by atoms with van der Waals surface area (Å²) in [6, 6.07) is 7.57. The summed E-state index contributed by atoms with van der Waals surface area (Å²) >= 11 is 0. The van der Waals surface area contributed by atoms with Gasteiger partial charge in [-0.3, -0.25) is 0 Å². The molecular formula is C47H78O8. The molecule has 0 aliphatic rings. The SMILES string of the molecule is CCCCCCCCCCCCCCCCCOC(=O)c1cc(O)cc(O)c1.CCCCCCCCCCCCCCCCOC(=O)c1cc(O)cc(O)c1. The van der Waals surface area contributed by atoms with Crippen LogP contribution in [0.5, 0.6) is 23.0 Å². The van der Waals surface area contributed by atoms with Crippen molar-refractivity contribution in [3.63, 3.8) is 0 Å². The number of ether oxygens (including phenoxy) is 2. The van der Waals surface area contributed by atoms with E-state index in [1.54, 1.807) is 0 Å². The fourth-order valence-corrected chi connectivity index (χ4v) is 6.69. The summed E-state index contributed by atoms with van der Waals surface area (Å²) in [4.78, 5) is 23.7. The van der Waals surface area contributed by atoms with E-state index in [0.29, 0.717) is 13.2 Å². The minimum absolute atomic E-state index is 0.140. The number of hydrogen-bond acceptors (Lipinski definition) is 8. The molecule has 55 heavy (non-hydrogen) atoms. The van der Waals surface area contributed by atoms with Crippen molar-refractivity contribution in [2.45, 2.75) is 200 Å². The highest BCUT2D eigenvalue weighted by atomic mass is 16.5. The first-order chi connectivity index (χ1) is 26.8. The van der Waals surface area contributed by atoms with Crippen molar-refractivity contribution in [2.24, 2.45) is 0 Å². The third-order valence-electron chi connectivity index (χ3n) is 9.99. The van der Waals surface area contributed by atoms with Gasteiger partial charge in [0.25, 0.3) is 0 Å². The second-order valence-corrected chi connectivity index (χ2v) is 15.3. The Morgan fingerprint density at radius 1 is 0.345 bits per heavy atom. The summed E-state index contributed by atoms with van der Waals surface area (Å²) in [6.07, 6.45) is 37.6. The van der Waals surface area contributed by atoms with Crippen molar-refractivity contribution >= 4 is 11.9 Å². The van der Waals surface area contributed by atoms with Crippen LogP contribution in [0, 0.1) is 0 Å². The van der Waals surface area contributed by atoms with Crippen LogP contribution in [0.3, 0.4) is 0 Å². The molecule has 2 rings (SSSR count). The standard InChI is InChI=1S/C24H40O4.C23H38O4/c1-2-3-4-5-6-7-8-9-10-11-12-13-14-15-16-17-28-24(27)21-18-22(25)20-23(26)19-21;1-2-3-4-5-6-7-8-9-10-11-12-13-14-15-16-27-23(26)20-17-21(24)19-22(25)18-20/h18-20,25-26H,2-17H2,1H3;17-19,24-25H,2-16H2,1H3. The van der Waals surface area contributed by atoms with Crippen LogP contribution in [-0.2, 0) is 9.47 Å². The van der Waals surface area contributed by atoms with Crippen LogP contribution in [0.15, 0.2) is 36.4 Å². The van der Waals surface area contributed by atoms with Gasteiger partial charge in [-0.05, 0) is 37.1 Å². The summed E-state index contributed by atoms with van der Waals surface area (Å²) in [7, 11) is 0. The Morgan fingerprint density at radius 2 is 0.545 bits per heavy atom. The molecule has 314 valence electrons. The molecule has 8 nitrogen and oxygen atoms in total. The highest BCUT2D eigenvalue weighted by Crippen LogP contribution is 2.22. The van der Waals surface area contributed by atoms with Crippen molar-refractivity contribution in [3.05, 3.63) is 47.5 Å². The molecule has 0 bridgehead atoms. The van der Waals surface area contributed by atoms with E-state index in [0.717, 1.165) is 25.7 Å². The predicted octanol–water partition coefficient (Wildman–Crippen LogP) is 13.9. The number of carbonyl (C=O) groups is 2. The Bertz CT molecular complexity index is 1190. The molecule has 0 spiro atoms. The largest absolute Gasteiger partial charge is 0.508 e. The van der Waals surface area contributed by atoms with Crippen molar-refractivity contribution < 1.29 is 39.5 Å². The molecule has 0 aliphatic heterocycles. The van der Waals surface area contributed by atoms with Crippen molar-refractivity contribution in [3.8, 4) is 23.0 Å². The van der Waals surface area contributed by atoms with Crippen LogP contribution >= 0.6 is 0 Å². The normalized spacial score (nSPS) is 10.9. The third-order valence-corrected chi connectivity index (χ3v) is 9.99. The van der Waals surface area contributed by atoms with Crippen molar-refractivity contribution in [2.75, 3.05) is 13.2 Å². The molecule has 2 aromatic carbocycles. The van der Waals surface area contributed by atoms with E-state index in [2.05, 4.69) is 13.8 Å². The van der Waals surface area contributed by atoms with Gasteiger partial charge in [0.2, 0.25) is 0 Å². The first kappa shape index (κ1) is 49.6. The number of hydrogen-bond donors (Lipinski definition) is 4. The number of benzene rings is 2. The van der Waals surface area contributed by atoms with E-state index < -0.39 is 11.9 Å². The van der Waals surface area contributed by atoms with Crippen molar-refractivity contribution in [1.82, 2.24) is 0 Å². The Balaban J connectivity index is 0.000000550. The monoisotopic (exact) mass is 771 g/mol. The quantitative estimate of drug-likeness (QED) is 0.0416. The third kappa shape index (κ3) is 29.5. The molecule has 0 saturated carbocycles. The van der Waals surface area contributed by atoms with E-state index in [-0.39, 0.29) is 34.1 Å². The number of phenolic OH excluding ortho intramolecular Hbond substituents is 4. The average molecular weight is 771 g/mol. The fourth-order valence-electron chi connectivity index (χ4n) is 6.69. The van der Waals surface area contributed by atoms with Gasteiger partial charge < -0.3 is 29.9 Å². The zero-order valence-electron chi connectivity index (χ0n) is 34.8. The Hall–Kier alpha value is -3.42. The maximum absolute atomic E-state index is 11.9. The minimum atomic E-state index is -0.504. The molecular weight excluding hydrogens is 693 g/mol. The first-order valence-electron chi connectivity index (χ1n) is 22.2. The van der Waals surface area contributed by atoms with E-state index in [1.165, 1.54) is 197 Å². The van der Waals surface area contributed by atoms with Crippen LogP contribution in [0.25, 0.3) is 0 Å². The molecule has 0 radical (unpaired) electrons. The summed E-state index contributed by atoms with van der Waals surface area (Å²) in [6.45, 7) is 5.29. The Labute approximate surface area is 334 Å². The number of phenols is 4. The van der Waals surface area contributed by atoms with Crippen LogP contribution in [0.2, 0.25) is 0 Å². The molecule has 0 saturated heterocycles. The van der Waals surface area contributed by atoms with Gasteiger partial charge in [-0.15, -0.1) is 0 Å². The highest BCUT2D eigenvalue weighted by molar-refractivity contribution is 5.90. The number of rotatable bonds is 33. The Morgan fingerprint density at radius 3 is 0.764 bits per heavy atom.